The van der Waals surface area contributed by atoms with Gasteiger partial charge in [0, 0.05) is 0 Å². The molecule has 0 radical (unpaired) electrons. The SMILES string of the molecule is C=CCOc1c(Br)cc(/C=N\NC(=O)CN(c2ccc(OCC)cc2)S(=O)(=O)c2ccc(C)cc2)cc1OC. The van der Waals surface area contributed by atoms with Gasteiger partial charge in [-0.05, 0) is 83.9 Å². The molecular formula is C28H30BrN3O6S. The normalized spacial score (nSPS) is 11.2. The van der Waals surface area contributed by atoms with Gasteiger partial charge in [0.05, 0.1) is 35.0 Å². The van der Waals surface area contributed by atoms with Crippen molar-refractivity contribution in [3.05, 3.63) is 88.9 Å². The highest BCUT2D eigenvalue weighted by Crippen LogP contribution is 2.36. The van der Waals surface area contributed by atoms with Gasteiger partial charge in [0.15, 0.2) is 11.5 Å². The molecule has 0 saturated heterocycles. The van der Waals surface area contributed by atoms with E-state index in [9.17, 15) is 13.2 Å². The van der Waals surface area contributed by atoms with E-state index in [0.29, 0.717) is 46.2 Å². The van der Waals surface area contributed by atoms with Gasteiger partial charge in [-0.2, -0.15) is 5.10 Å². The highest BCUT2D eigenvalue weighted by atomic mass is 79.9. The van der Waals surface area contributed by atoms with Crippen molar-refractivity contribution in [1.82, 2.24) is 5.43 Å². The van der Waals surface area contributed by atoms with Crippen molar-refractivity contribution >= 4 is 43.8 Å². The minimum atomic E-state index is -4.06. The fraction of sp³-hybridized carbons (Fsp3) is 0.214. The molecule has 0 heterocycles. The van der Waals surface area contributed by atoms with E-state index in [4.69, 9.17) is 14.2 Å². The van der Waals surface area contributed by atoms with Gasteiger partial charge in [0.1, 0.15) is 18.9 Å². The predicted molar refractivity (Wildman–Crippen MR) is 155 cm³/mol. The van der Waals surface area contributed by atoms with Crippen LogP contribution in [0.15, 0.2) is 87.8 Å². The van der Waals surface area contributed by atoms with Gasteiger partial charge in [-0.1, -0.05) is 30.4 Å². The van der Waals surface area contributed by atoms with E-state index < -0.39 is 22.5 Å². The molecule has 1 N–H and O–H groups in total. The first-order valence-corrected chi connectivity index (χ1v) is 14.2. The van der Waals surface area contributed by atoms with E-state index in [0.717, 1.165) is 9.87 Å². The Bertz CT molecular complexity index is 1420. The maximum Gasteiger partial charge on any atom is 0.264 e. The average Bonchev–Trinajstić information content (AvgIpc) is 2.92. The molecule has 9 nitrogen and oxygen atoms in total. The third-order valence-corrected chi connectivity index (χ3v) is 7.71. The minimum absolute atomic E-state index is 0.0639. The molecule has 11 heteroatoms. The number of benzene rings is 3. The van der Waals surface area contributed by atoms with Gasteiger partial charge in [-0.3, -0.25) is 9.10 Å². The summed E-state index contributed by atoms with van der Waals surface area (Å²) in [5.74, 6) is 0.925. The summed E-state index contributed by atoms with van der Waals surface area (Å²) in [6, 6.07) is 16.3. The molecule has 0 aliphatic rings. The molecule has 0 saturated carbocycles. The van der Waals surface area contributed by atoms with Gasteiger partial charge < -0.3 is 14.2 Å². The van der Waals surface area contributed by atoms with Crippen LogP contribution in [0.4, 0.5) is 5.69 Å². The number of anilines is 1. The maximum atomic E-state index is 13.5. The Morgan fingerprint density at radius 2 is 1.79 bits per heavy atom. The number of hydrazone groups is 1. The van der Waals surface area contributed by atoms with E-state index in [2.05, 4.69) is 33.0 Å². The topological polar surface area (TPSA) is 107 Å². The average molecular weight is 617 g/mol. The Labute approximate surface area is 237 Å². The number of rotatable bonds is 13. The standard InChI is InChI=1S/C28H30BrN3O6S/c1-5-15-38-28-25(29)16-21(17-26(28)36-4)18-30-31-27(33)19-32(22-9-11-23(12-10-22)37-6-2)39(34,35)24-13-7-20(3)8-14-24/h5,7-14,16-18H,1,6,15,19H2,2-4H3,(H,31,33)/b30-18-. The zero-order chi connectivity index (χ0) is 28.4. The number of carbonyl (C=O) groups excluding carboxylic acids is 1. The zero-order valence-corrected chi connectivity index (χ0v) is 24.3. The first-order valence-electron chi connectivity index (χ1n) is 11.9. The van der Waals surface area contributed by atoms with Crippen molar-refractivity contribution < 1.29 is 27.4 Å². The molecule has 3 aromatic rings. The number of carbonyl (C=O) groups is 1. The lowest BCUT2D eigenvalue weighted by Gasteiger charge is -2.24. The Kier molecular flexibility index (Phi) is 10.5. The second-order valence-corrected chi connectivity index (χ2v) is 10.9. The molecule has 0 unspecified atom stereocenters. The number of nitrogens with zero attached hydrogens (tertiary/aromatic N) is 2. The summed E-state index contributed by atoms with van der Waals surface area (Å²) in [6.07, 6.45) is 3.03. The summed E-state index contributed by atoms with van der Waals surface area (Å²) in [6.45, 7) is 7.62. The summed E-state index contributed by atoms with van der Waals surface area (Å²) >= 11 is 3.44. The van der Waals surface area contributed by atoms with Gasteiger partial charge in [-0.15, -0.1) is 0 Å². The largest absolute Gasteiger partial charge is 0.494 e. The van der Waals surface area contributed by atoms with Gasteiger partial charge in [0.25, 0.3) is 15.9 Å². The molecule has 0 aliphatic heterocycles. The first-order chi connectivity index (χ1) is 18.7. The molecule has 3 aromatic carbocycles. The number of sulfonamides is 1. The molecule has 0 aliphatic carbocycles. The van der Waals surface area contributed by atoms with Crippen LogP contribution in [0.5, 0.6) is 17.2 Å². The van der Waals surface area contributed by atoms with Gasteiger partial charge in [0.2, 0.25) is 0 Å². The van der Waals surface area contributed by atoms with Crippen LogP contribution in [-0.4, -0.2) is 47.4 Å². The maximum absolute atomic E-state index is 13.5. The minimum Gasteiger partial charge on any atom is -0.494 e. The number of methoxy groups -OCH3 is 1. The van der Waals surface area contributed by atoms with Gasteiger partial charge >= 0.3 is 0 Å². The molecule has 39 heavy (non-hydrogen) atoms. The highest BCUT2D eigenvalue weighted by Gasteiger charge is 2.27. The Balaban J connectivity index is 1.82. The number of amides is 1. The van der Waals surface area contributed by atoms with Crippen LogP contribution in [-0.2, 0) is 14.8 Å². The molecule has 0 spiro atoms. The molecule has 0 fully saturated rings. The molecule has 3 rings (SSSR count). The Morgan fingerprint density at radius 1 is 1.10 bits per heavy atom. The van der Waals surface area contributed by atoms with Crippen molar-refractivity contribution in [3.8, 4) is 17.2 Å². The zero-order valence-electron chi connectivity index (χ0n) is 21.9. The molecule has 0 bridgehead atoms. The van der Waals surface area contributed by atoms with Crippen LogP contribution in [0, 0.1) is 6.92 Å². The van der Waals surface area contributed by atoms with E-state index in [1.54, 1.807) is 54.6 Å². The summed E-state index contributed by atoms with van der Waals surface area (Å²) in [7, 11) is -2.55. The fourth-order valence-electron chi connectivity index (χ4n) is 3.47. The number of aryl methyl sites for hydroxylation is 1. The monoisotopic (exact) mass is 615 g/mol. The highest BCUT2D eigenvalue weighted by molar-refractivity contribution is 9.10. The smallest absolute Gasteiger partial charge is 0.264 e. The lowest BCUT2D eigenvalue weighted by molar-refractivity contribution is -0.119. The van der Waals surface area contributed by atoms with Crippen LogP contribution in [0.2, 0.25) is 0 Å². The summed E-state index contributed by atoms with van der Waals surface area (Å²) in [4.78, 5) is 12.9. The van der Waals surface area contributed by atoms with E-state index in [-0.39, 0.29) is 4.90 Å². The van der Waals surface area contributed by atoms with Crippen molar-refractivity contribution in [3.63, 3.8) is 0 Å². The quantitative estimate of drug-likeness (QED) is 0.163. The summed E-state index contributed by atoms with van der Waals surface area (Å²) in [5, 5.41) is 4.00. The van der Waals surface area contributed by atoms with Crippen LogP contribution < -0.4 is 23.9 Å². The summed E-state index contributed by atoms with van der Waals surface area (Å²) < 4.78 is 45.2. The number of hydrogen-bond acceptors (Lipinski definition) is 7. The van der Waals surface area contributed by atoms with E-state index >= 15 is 0 Å². The number of hydrogen-bond donors (Lipinski definition) is 1. The van der Waals surface area contributed by atoms with Crippen molar-refractivity contribution in [1.29, 1.82) is 0 Å². The van der Waals surface area contributed by atoms with E-state index in [1.807, 2.05) is 13.8 Å². The Morgan fingerprint density at radius 3 is 2.41 bits per heavy atom. The second-order valence-electron chi connectivity index (χ2n) is 8.18. The predicted octanol–water partition coefficient (Wildman–Crippen LogP) is 5.08. The van der Waals surface area contributed by atoms with Crippen molar-refractivity contribution in [2.75, 3.05) is 31.2 Å². The molecule has 206 valence electrons. The fourth-order valence-corrected chi connectivity index (χ4v) is 5.46. The number of halogens is 1. The van der Waals surface area contributed by atoms with Crippen molar-refractivity contribution in [2.45, 2.75) is 18.7 Å². The summed E-state index contributed by atoms with van der Waals surface area (Å²) in [5.41, 5.74) is 4.23. The molecule has 0 atom stereocenters. The number of nitrogens with one attached hydrogen (secondary N) is 1. The third-order valence-electron chi connectivity index (χ3n) is 5.33. The van der Waals surface area contributed by atoms with Crippen LogP contribution in [0.3, 0.4) is 0 Å². The van der Waals surface area contributed by atoms with Crippen molar-refractivity contribution in [2.24, 2.45) is 5.10 Å². The molecular weight excluding hydrogens is 586 g/mol. The van der Waals surface area contributed by atoms with Gasteiger partial charge in [-0.25, -0.2) is 13.8 Å². The number of ether oxygens (including phenoxy) is 3. The lowest BCUT2D eigenvalue weighted by atomic mass is 10.2. The first kappa shape index (κ1) is 29.7. The molecule has 1 amide bonds. The second kappa shape index (κ2) is 13.8. The lowest BCUT2D eigenvalue weighted by Crippen LogP contribution is -2.39. The molecule has 0 aromatic heterocycles. The Hall–Kier alpha value is -3.83. The van der Waals surface area contributed by atoms with Crippen LogP contribution in [0.1, 0.15) is 18.1 Å². The van der Waals surface area contributed by atoms with Crippen LogP contribution in [0.25, 0.3) is 0 Å². The van der Waals surface area contributed by atoms with Crippen LogP contribution >= 0.6 is 15.9 Å². The van der Waals surface area contributed by atoms with E-state index in [1.165, 1.54) is 25.5 Å². The third kappa shape index (κ3) is 7.84.